The molecule has 0 aromatic rings. The van der Waals surface area contributed by atoms with Crippen LogP contribution in [0.2, 0.25) is 0 Å². The largest absolute Gasteiger partial charge is 0.304 e. The van der Waals surface area contributed by atoms with Crippen molar-refractivity contribution in [3.63, 3.8) is 0 Å². The van der Waals surface area contributed by atoms with E-state index in [4.69, 9.17) is 6.42 Å². The maximum atomic E-state index is 5.39. The van der Waals surface area contributed by atoms with Crippen LogP contribution in [-0.2, 0) is 0 Å². The van der Waals surface area contributed by atoms with E-state index < -0.39 is 0 Å². The van der Waals surface area contributed by atoms with Crippen LogP contribution in [0.15, 0.2) is 0 Å². The number of hydrogen-bond donors (Lipinski definition) is 1. The van der Waals surface area contributed by atoms with Crippen molar-refractivity contribution >= 4 is 0 Å². The number of rotatable bonds is 6. The summed E-state index contributed by atoms with van der Waals surface area (Å²) in [5, 5.41) is 3.34. The third-order valence-electron chi connectivity index (χ3n) is 1.87. The maximum absolute atomic E-state index is 5.39. The third-order valence-corrected chi connectivity index (χ3v) is 1.87. The predicted octanol–water partition coefficient (Wildman–Crippen LogP) is 2.42. The first kappa shape index (κ1) is 11.5. The molecule has 1 atom stereocenters. The Morgan fingerprint density at radius 1 is 1.33 bits per heavy atom. The summed E-state index contributed by atoms with van der Waals surface area (Å²) in [6, 6.07) is 0.285. The molecule has 1 heteroatoms. The zero-order chi connectivity index (χ0) is 9.40. The minimum atomic E-state index is 0.285. The van der Waals surface area contributed by atoms with Crippen LogP contribution in [-0.4, -0.2) is 12.6 Å². The van der Waals surface area contributed by atoms with E-state index in [0.29, 0.717) is 0 Å². The summed E-state index contributed by atoms with van der Waals surface area (Å²) >= 11 is 0. The molecule has 0 aliphatic rings. The molecule has 0 aromatic carbocycles. The fraction of sp³-hybridized carbons (Fsp3) is 0.818. The lowest BCUT2D eigenvalue weighted by molar-refractivity contribution is 0.486. The molecule has 1 nitrogen and oxygen atoms in total. The van der Waals surface area contributed by atoms with Crippen LogP contribution >= 0.6 is 0 Å². The van der Waals surface area contributed by atoms with Gasteiger partial charge in [0.2, 0.25) is 0 Å². The second kappa shape index (κ2) is 7.18. The fourth-order valence-electron chi connectivity index (χ4n) is 1.06. The monoisotopic (exact) mass is 167 g/mol. The minimum Gasteiger partial charge on any atom is -0.304 e. The van der Waals surface area contributed by atoms with Gasteiger partial charge in [-0.15, -0.1) is 6.42 Å². The number of nitrogens with one attached hydrogen (secondary N) is 1. The Hall–Kier alpha value is -0.480. The number of terminal acetylenes is 1. The molecule has 0 saturated heterocycles. The third kappa shape index (κ3) is 6.24. The highest BCUT2D eigenvalue weighted by Crippen LogP contribution is 2.05. The Morgan fingerprint density at radius 2 is 2.00 bits per heavy atom. The molecule has 0 aliphatic heterocycles. The van der Waals surface area contributed by atoms with Crippen molar-refractivity contribution in [1.29, 1.82) is 0 Å². The smallest absolute Gasteiger partial charge is 0.0687 e. The zero-order valence-corrected chi connectivity index (χ0v) is 8.56. The molecule has 0 spiro atoms. The van der Waals surface area contributed by atoms with E-state index >= 15 is 0 Å². The van der Waals surface area contributed by atoms with Crippen molar-refractivity contribution in [1.82, 2.24) is 5.32 Å². The normalized spacial score (nSPS) is 12.9. The van der Waals surface area contributed by atoms with E-state index in [-0.39, 0.29) is 6.04 Å². The van der Waals surface area contributed by atoms with Gasteiger partial charge in [0.25, 0.3) is 0 Å². The standard InChI is InChI=1S/C11H21N/c1-5-9-12-11(6-2)8-7-10(3)4/h2,10-12H,5,7-9H2,1,3-4H3. The van der Waals surface area contributed by atoms with Crippen LogP contribution in [0, 0.1) is 18.3 Å². The lowest BCUT2D eigenvalue weighted by Crippen LogP contribution is -2.28. The molecular weight excluding hydrogens is 146 g/mol. The van der Waals surface area contributed by atoms with Gasteiger partial charge in [-0.1, -0.05) is 26.7 Å². The van der Waals surface area contributed by atoms with Gasteiger partial charge in [0.1, 0.15) is 0 Å². The van der Waals surface area contributed by atoms with Crippen LogP contribution in [0.3, 0.4) is 0 Å². The second-order valence-corrected chi connectivity index (χ2v) is 3.64. The number of hydrogen-bond acceptors (Lipinski definition) is 1. The van der Waals surface area contributed by atoms with Crippen molar-refractivity contribution < 1.29 is 0 Å². The summed E-state index contributed by atoms with van der Waals surface area (Å²) in [6.07, 6.45) is 8.86. The average Bonchev–Trinajstić information content (AvgIpc) is 2.05. The Labute approximate surface area is 76.9 Å². The van der Waals surface area contributed by atoms with Gasteiger partial charge >= 0.3 is 0 Å². The van der Waals surface area contributed by atoms with Crippen molar-refractivity contribution in [3.8, 4) is 12.3 Å². The summed E-state index contributed by atoms with van der Waals surface area (Å²) < 4.78 is 0. The first-order valence-corrected chi connectivity index (χ1v) is 4.90. The summed E-state index contributed by atoms with van der Waals surface area (Å²) in [5.74, 6) is 3.54. The van der Waals surface area contributed by atoms with Crippen LogP contribution in [0.25, 0.3) is 0 Å². The van der Waals surface area contributed by atoms with Gasteiger partial charge in [-0.2, -0.15) is 0 Å². The van der Waals surface area contributed by atoms with Crippen LogP contribution < -0.4 is 5.32 Å². The molecule has 0 saturated carbocycles. The highest BCUT2D eigenvalue weighted by atomic mass is 14.9. The topological polar surface area (TPSA) is 12.0 Å². The van der Waals surface area contributed by atoms with E-state index in [9.17, 15) is 0 Å². The molecule has 12 heavy (non-hydrogen) atoms. The highest BCUT2D eigenvalue weighted by Gasteiger charge is 2.03. The first-order chi connectivity index (χ1) is 5.70. The lowest BCUT2D eigenvalue weighted by atomic mass is 10.0. The van der Waals surface area contributed by atoms with Gasteiger partial charge in [-0.05, 0) is 31.7 Å². The van der Waals surface area contributed by atoms with Crippen LogP contribution in [0.1, 0.15) is 40.0 Å². The maximum Gasteiger partial charge on any atom is 0.0687 e. The molecule has 0 radical (unpaired) electrons. The molecule has 1 N–H and O–H groups in total. The Bertz CT molecular complexity index is 132. The molecule has 1 unspecified atom stereocenters. The Morgan fingerprint density at radius 3 is 2.42 bits per heavy atom. The zero-order valence-electron chi connectivity index (χ0n) is 8.56. The van der Waals surface area contributed by atoms with Gasteiger partial charge < -0.3 is 5.32 Å². The fourth-order valence-corrected chi connectivity index (χ4v) is 1.06. The molecule has 0 rings (SSSR count). The quantitative estimate of drug-likeness (QED) is 0.599. The summed E-state index contributed by atoms with van der Waals surface area (Å²) in [5.41, 5.74) is 0. The molecule has 70 valence electrons. The Balaban J connectivity index is 3.48. The summed E-state index contributed by atoms with van der Waals surface area (Å²) in [4.78, 5) is 0. The van der Waals surface area contributed by atoms with E-state index in [1.165, 1.54) is 6.42 Å². The van der Waals surface area contributed by atoms with Gasteiger partial charge in [-0.25, -0.2) is 0 Å². The molecule has 0 bridgehead atoms. The van der Waals surface area contributed by atoms with E-state index in [2.05, 4.69) is 32.0 Å². The van der Waals surface area contributed by atoms with Gasteiger partial charge in [0.05, 0.1) is 6.04 Å². The van der Waals surface area contributed by atoms with Gasteiger partial charge in [-0.3, -0.25) is 0 Å². The van der Waals surface area contributed by atoms with Crippen molar-refractivity contribution in [3.05, 3.63) is 0 Å². The SMILES string of the molecule is C#CC(CCC(C)C)NCCC. The Kier molecular flexibility index (Phi) is 6.90. The first-order valence-electron chi connectivity index (χ1n) is 4.90. The highest BCUT2D eigenvalue weighted by molar-refractivity contribution is 4.98. The molecule has 0 amide bonds. The van der Waals surface area contributed by atoms with Crippen molar-refractivity contribution in [2.45, 2.75) is 46.1 Å². The average molecular weight is 167 g/mol. The van der Waals surface area contributed by atoms with E-state index in [1.807, 2.05) is 0 Å². The molecule has 0 fully saturated rings. The molecule has 0 heterocycles. The molecule has 0 aromatic heterocycles. The molecular formula is C11H21N. The minimum absolute atomic E-state index is 0.285. The van der Waals surface area contributed by atoms with E-state index in [1.54, 1.807) is 0 Å². The van der Waals surface area contributed by atoms with Crippen molar-refractivity contribution in [2.24, 2.45) is 5.92 Å². The van der Waals surface area contributed by atoms with Crippen LogP contribution in [0.4, 0.5) is 0 Å². The summed E-state index contributed by atoms with van der Waals surface area (Å²) in [7, 11) is 0. The predicted molar refractivity (Wildman–Crippen MR) is 55.0 cm³/mol. The summed E-state index contributed by atoms with van der Waals surface area (Å²) in [6.45, 7) is 7.65. The molecule has 0 aliphatic carbocycles. The lowest BCUT2D eigenvalue weighted by Gasteiger charge is -2.13. The van der Waals surface area contributed by atoms with Gasteiger partial charge in [0.15, 0.2) is 0 Å². The van der Waals surface area contributed by atoms with Crippen molar-refractivity contribution in [2.75, 3.05) is 6.54 Å². The van der Waals surface area contributed by atoms with E-state index in [0.717, 1.165) is 25.3 Å². The second-order valence-electron chi connectivity index (χ2n) is 3.64. The van der Waals surface area contributed by atoms with Crippen LogP contribution in [0.5, 0.6) is 0 Å². The van der Waals surface area contributed by atoms with Gasteiger partial charge in [0, 0.05) is 0 Å².